The Hall–Kier alpha value is 0.910. The summed E-state index contributed by atoms with van der Waals surface area (Å²) in [7, 11) is 6.34. The van der Waals surface area contributed by atoms with Crippen LogP contribution in [0.4, 0.5) is 4.39 Å². The van der Waals surface area contributed by atoms with Gasteiger partial charge in [-0.05, 0) is 21.4 Å². The molecule has 7 heteroatoms. The maximum Gasteiger partial charge on any atom is 0.169 e. The lowest BCUT2D eigenvalue weighted by Crippen LogP contribution is -2.33. The smallest absolute Gasteiger partial charge is 0.169 e. The molecule has 0 saturated carbocycles. The van der Waals surface area contributed by atoms with Crippen LogP contribution in [0.25, 0.3) is 0 Å². The van der Waals surface area contributed by atoms with E-state index in [9.17, 15) is 8.60 Å². The highest BCUT2D eigenvalue weighted by molar-refractivity contribution is 8.53. The molecule has 2 nitrogen and oxygen atoms in total. The van der Waals surface area contributed by atoms with Crippen molar-refractivity contribution in [3.05, 3.63) is 0 Å². The average molecular weight is 245 g/mol. The third-order valence-corrected chi connectivity index (χ3v) is 4.15. The molecule has 0 aromatic rings. The summed E-state index contributed by atoms with van der Waals surface area (Å²) >= 11 is 5.48. The minimum absolute atomic E-state index is 0.0650. The molecular weight excluding hydrogens is 235 g/mol. The van der Waals surface area contributed by atoms with E-state index in [-0.39, 0.29) is 12.3 Å². The molecule has 0 radical (unpaired) electrons. The van der Waals surface area contributed by atoms with Crippen LogP contribution in [0.15, 0.2) is 0 Å². The second-order valence-corrected chi connectivity index (χ2v) is 10.2. The maximum atomic E-state index is 12.0. The molecule has 11 heavy (non-hydrogen) atoms. The maximum absolute atomic E-state index is 12.0. The van der Waals surface area contributed by atoms with Gasteiger partial charge >= 0.3 is 0 Å². The molecule has 0 fully saturated rings. The van der Waals surface area contributed by atoms with E-state index in [1.54, 1.807) is 0 Å². The van der Waals surface area contributed by atoms with Gasteiger partial charge in [-0.25, -0.2) is 4.39 Å². The van der Waals surface area contributed by atoms with Gasteiger partial charge in [-0.2, -0.15) is 0 Å². The fourth-order valence-corrected chi connectivity index (χ4v) is 3.45. The molecule has 0 bridgehead atoms. The molecule has 0 aliphatic heterocycles. The lowest BCUT2D eigenvalue weighted by molar-refractivity contribution is 0.574. The van der Waals surface area contributed by atoms with E-state index in [2.05, 4.69) is 0 Å². The zero-order valence-corrected chi connectivity index (χ0v) is 8.69. The average Bonchev–Trinajstić information content (AvgIpc) is 1.86. The number of alkyl halides is 2. The second-order valence-electron chi connectivity index (χ2n) is 2.17. The number of hydrogen-bond acceptors (Lipinski definition) is 2. The van der Waals surface area contributed by atoms with Crippen LogP contribution in [0.2, 0.25) is 0 Å². The summed E-state index contributed by atoms with van der Waals surface area (Å²) in [6.07, 6.45) is 0. The monoisotopic (exact) mass is 243 g/mol. The van der Waals surface area contributed by atoms with E-state index >= 15 is 0 Å². The Morgan fingerprint density at radius 3 is 2.27 bits per heavy atom. The Bertz CT molecular complexity index is 194. The molecule has 0 aliphatic carbocycles. The zero-order valence-electron chi connectivity index (χ0n) is 5.60. The van der Waals surface area contributed by atoms with Crippen molar-refractivity contribution < 1.29 is 8.60 Å². The molecule has 0 amide bonds. The first-order valence-electron chi connectivity index (χ1n) is 2.76. The minimum atomic E-state index is -4.17. The highest BCUT2D eigenvalue weighted by atomic mass is 36.0. The number of rotatable bonds is 4. The molecule has 0 rings (SSSR count). The Labute approximate surface area is 78.6 Å². The predicted octanol–water partition coefficient (Wildman–Crippen LogP) is 1.61. The van der Waals surface area contributed by atoms with Crippen LogP contribution in [0.5, 0.6) is 0 Å². The molecule has 0 spiro atoms. The minimum Gasteiger partial charge on any atom is -0.329 e. The highest BCUT2D eigenvalue weighted by Crippen LogP contribution is 2.38. The molecule has 0 aromatic carbocycles. The number of nitrogens with two attached hydrogens (primary N) is 1. The molecule has 70 valence electrons. The molecule has 0 aliphatic rings. The summed E-state index contributed by atoms with van der Waals surface area (Å²) in [5.74, 6) is -0.311. The van der Waals surface area contributed by atoms with E-state index in [1.165, 1.54) is 0 Å². The summed E-state index contributed by atoms with van der Waals surface area (Å²) < 4.78 is 23.2. The fraction of sp³-hybridized carbons (Fsp3) is 1.00. The normalized spacial score (nSPS) is 18.8. The molecule has 0 saturated heterocycles. The van der Waals surface area contributed by atoms with Crippen LogP contribution in [0.3, 0.4) is 0 Å². The Morgan fingerprint density at radius 1 is 1.55 bits per heavy atom. The van der Waals surface area contributed by atoms with Gasteiger partial charge in [0.1, 0.15) is 0 Å². The van der Waals surface area contributed by atoms with Crippen LogP contribution < -0.4 is 5.73 Å². The Kier molecular flexibility index (Phi) is 4.06. The van der Waals surface area contributed by atoms with Crippen LogP contribution in [0, 0.1) is 0 Å². The molecular formula is C4H9Cl3FNOS. The predicted molar refractivity (Wildman–Crippen MR) is 49.4 cm³/mol. The quantitative estimate of drug-likeness (QED) is 0.603. The first-order valence-corrected chi connectivity index (χ1v) is 7.16. The summed E-state index contributed by atoms with van der Waals surface area (Å²) in [6, 6.07) is -1.29. The Balaban J connectivity index is 4.23. The first-order chi connectivity index (χ1) is 4.78. The van der Waals surface area contributed by atoms with E-state index in [4.69, 9.17) is 38.7 Å². The lowest BCUT2D eigenvalue weighted by Gasteiger charge is -2.25. The number of hydrogen-bond donors (Lipinski definition) is 1. The van der Waals surface area contributed by atoms with E-state index < -0.39 is 18.9 Å². The van der Waals surface area contributed by atoms with Crippen LogP contribution >= 0.6 is 33.0 Å². The zero-order chi connectivity index (χ0) is 9.15. The van der Waals surface area contributed by atoms with E-state index in [0.29, 0.717) is 0 Å². The van der Waals surface area contributed by atoms with Crippen LogP contribution in [-0.4, -0.2) is 27.9 Å². The standard InChI is InChI=1S/C4H9Cl3FNOS/c5-4(1-9)2-11(6,7,10)3-8/h4H,1-3,9H2. The fourth-order valence-electron chi connectivity index (χ4n) is 0.451. The summed E-state index contributed by atoms with van der Waals surface area (Å²) in [6.45, 7) is 0.0650. The lowest BCUT2D eigenvalue weighted by atomic mass is 10.5. The van der Waals surface area contributed by atoms with Gasteiger partial charge in [0, 0.05) is 12.3 Å². The number of halogens is 4. The third-order valence-electron chi connectivity index (χ3n) is 0.953. The van der Waals surface area contributed by atoms with Crippen molar-refractivity contribution in [2.24, 2.45) is 5.73 Å². The van der Waals surface area contributed by atoms with Crippen LogP contribution in [-0.2, 0) is 7.49 Å². The molecule has 0 aromatic heterocycles. The molecule has 0 heterocycles. The van der Waals surface area contributed by atoms with Gasteiger partial charge in [-0.15, -0.1) is 11.6 Å². The van der Waals surface area contributed by atoms with Crippen molar-refractivity contribution in [2.75, 3.05) is 18.3 Å². The SMILES string of the molecule is NCC(Cl)CS(=O)(Cl)(Cl)CF. The van der Waals surface area contributed by atoms with Gasteiger partial charge in [0.05, 0.1) is 12.9 Å². The van der Waals surface area contributed by atoms with Crippen molar-refractivity contribution in [3.63, 3.8) is 0 Å². The summed E-state index contributed by atoms with van der Waals surface area (Å²) in [5.41, 5.74) is 5.10. The largest absolute Gasteiger partial charge is 0.329 e. The van der Waals surface area contributed by atoms with Crippen molar-refractivity contribution >= 4 is 40.5 Å². The van der Waals surface area contributed by atoms with Gasteiger partial charge in [-0.3, -0.25) is 4.21 Å². The van der Waals surface area contributed by atoms with Gasteiger partial charge in [0.25, 0.3) is 0 Å². The van der Waals surface area contributed by atoms with Crippen LogP contribution in [0.1, 0.15) is 0 Å². The second kappa shape index (κ2) is 3.75. The van der Waals surface area contributed by atoms with Crippen molar-refractivity contribution in [1.82, 2.24) is 0 Å². The van der Waals surface area contributed by atoms with Gasteiger partial charge in [-0.1, -0.05) is 0 Å². The summed E-state index contributed by atoms with van der Waals surface area (Å²) in [4.78, 5) is 0. The highest BCUT2D eigenvalue weighted by Gasteiger charge is 2.33. The first kappa shape index (κ1) is 11.9. The molecule has 1 atom stereocenters. The van der Waals surface area contributed by atoms with E-state index in [1.807, 2.05) is 0 Å². The summed E-state index contributed by atoms with van der Waals surface area (Å²) in [5, 5.41) is -0.653. The van der Waals surface area contributed by atoms with Gasteiger partial charge in [0.2, 0.25) is 0 Å². The van der Waals surface area contributed by atoms with Crippen molar-refractivity contribution in [1.29, 1.82) is 0 Å². The van der Waals surface area contributed by atoms with Crippen molar-refractivity contribution in [2.45, 2.75) is 5.38 Å². The van der Waals surface area contributed by atoms with Gasteiger partial charge < -0.3 is 5.73 Å². The molecule has 2 N–H and O–H groups in total. The molecule has 1 unspecified atom stereocenters. The van der Waals surface area contributed by atoms with E-state index in [0.717, 1.165) is 0 Å². The van der Waals surface area contributed by atoms with Gasteiger partial charge in [0.15, 0.2) is 6.01 Å². The Morgan fingerprint density at radius 2 is 2.00 bits per heavy atom. The topological polar surface area (TPSA) is 43.1 Å². The van der Waals surface area contributed by atoms with Crippen molar-refractivity contribution in [3.8, 4) is 0 Å². The third kappa shape index (κ3) is 5.20.